The Balaban J connectivity index is 2.29. The van der Waals surface area contributed by atoms with Gasteiger partial charge in [-0.15, -0.1) is 0 Å². The molecule has 0 saturated carbocycles. The summed E-state index contributed by atoms with van der Waals surface area (Å²) in [4.78, 5) is 6.93. The van der Waals surface area contributed by atoms with Gasteiger partial charge < -0.3 is 10.7 Å². The van der Waals surface area contributed by atoms with Crippen LogP contribution in [0.15, 0.2) is 43.0 Å². The number of aromatic amines is 1. The quantitative estimate of drug-likeness (QED) is 0.722. The van der Waals surface area contributed by atoms with Crippen LogP contribution >= 0.6 is 0 Å². The highest BCUT2D eigenvalue weighted by Crippen LogP contribution is 2.17. The molecule has 2 rings (SSSR count). The zero-order valence-electron chi connectivity index (χ0n) is 7.14. The Morgan fingerprint density at radius 3 is 2.54 bits per heavy atom. The Bertz CT molecular complexity index is 353. The van der Waals surface area contributed by atoms with Crippen molar-refractivity contribution in [3.63, 3.8) is 0 Å². The lowest BCUT2D eigenvalue weighted by molar-refractivity contribution is 0.869. The van der Waals surface area contributed by atoms with E-state index in [0.29, 0.717) is 0 Å². The van der Waals surface area contributed by atoms with Crippen molar-refractivity contribution in [1.29, 1.82) is 0 Å². The molecule has 0 radical (unpaired) electrons. The maximum Gasteiger partial charge on any atom is 0.0567 e. The summed E-state index contributed by atoms with van der Waals surface area (Å²) in [6.45, 7) is 0. The van der Waals surface area contributed by atoms with Gasteiger partial charge in [-0.1, -0.05) is 0 Å². The van der Waals surface area contributed by atoms with Crippen LogP contribution in [0.2, 0.25) is 0 Å². The molecule has 2 aromatic rings. The first-order chi connectivity index (χ1) is 6.38. The lowest BCUT2D eigenvalue weighted by Gasteiger charge is -2.08. The molecule has 0 fully saturated rings. The first-order valence-electron chi connectivity index (χ1n) is 4.16. The first kappa shape index (κ1) is 8.01. The number of H-pyrrole nitrogens is 1. The molecule has 2 aromatic heterocycles. The summed E-state index contributed by atoms with van der Waals surface area (Å²) >= 11 is 0. The van der Waals surface area contributed by atoms with Gasteiger partial charge in [0.2, 0.25) is 0 Å². The molecule has 0 bridgehead atoms. The van der Waals surface area contributed by atoms with Gasteiger partial charge >= 0.3 is 0 Å². The average Bonchev–Trinajstić information content (AvgIpc) is 2.71. The minimum atomic E-state index is -0.0609. The van der Waals surface area contributed by atoms with Crippen molar-refractivity contribution < 1.29 is 0 Å². The third-order valence-corrected chi connectivity index (χ3v) is 2.05. The van der Waals surface area contributed by atoms with Crippen molar-refractivity contribution in [2.75, 3.05) is 0 Å². The van der Waals surface area contributed by atoms with Crippen LogP contribution in [0.5, 0.6) is 0 Å². The van der Waals surface area contributed by atoms with Crippen LogP contribution in [-0.4, -0.2) is 9.97 Å². The third-order valence-electron chi connectivity index (χ3n) is 2.05. The van der Waals surface area contributed by atoms with E-state index in [2.05, 4.69) is 9.97 Å². The number of rotatable bonds is 2. The Morgan fingerprint density at radius 1 is 1.15 bits per heavy atom. The molecule has 0 aromatic carbocycles. The van der Waals surface area contributed by atoms with E-state index < -0.39 is 0 Å². The molecule has 0 aliphatic rings. The van der Waals surface area contributed by atoms with Crippen molar-refractivity contribution in [1.82, 2.24) is 9.97 Å². The van der Waals surface area contributed by atoms with E-state index in [-0.39, 0.29) is 6.04 Å². The maximum atomic E-state index is 6.01. The summed E-state index contributed by atoms with van der Waals surface area (Å²) in [6.07, 6.45) is 7.28. The molecule has 3 N–H and O–H groups in total. The van der Waals surface area contributed by atoms with Gasteiger partial charge in [0.1, 0.15) is 0 Å². The highest BCUT2D eigenvalue weighted by molar-refractivity contribution is 5.27. The van der Waals surface area contributed by atoms with Gasteiger partial charge in [0.05, 0.1) is 6.04 Å². The molecule has 13 heavy (non-hydrogen) atoms. The molecule has 3 nitrogen and oxygen atoms in total. The normalized spacial score (nSPS) is 12.7. The molecule has 3 heteroatoms. The molecule has 2 heterocycles. The van der Waals surface area contributed by atoms with Gasteiger partial charge in [0.25, 0.3) is 0 Å². The fourth-order valence-electron chi connectivity index (χ4n) is 1.29. The van der Waals surface area contributed by atoms with Crippen molar-refractivity contribution in [3.05, 3.63) is 54.1 Å². The van der Waals surface area contributed by atoms with Crippen LogP contribution in [0.3, 0.4) is 0 Å². The van der Waals surface area contributed by atoms with E-state index in [1.54, 1.807) is 12.4 Å². The zero-order valence-corrected chi connectivity index (χ0v) is 7.14. The lowest BCUT2D eigenvalue weighted by atomic mass is 10.0. The zero-order chi connectivity index (χ0) is 9.10. The molecule has 0 amide bonds. The van der Waals surface area contributed by atoms with Crippen LogP contribution in [0.25, 0.3) is 0 Å². The number of nitrogens with two attached hydrogens (primary N) is 1. The number of aromatic nitrogens is 2. The smallest absolute Gasteiger partial charge is 0.0567 e. The second-order valence-electron chi connectivity index (χ2n) is 2.90. The Labute approximate surface area is 76.6 Å². The van der Waals surface area contributed by atoms with E-state index in [0.717, 1.165) is 11.1 Å². The van der Waals surface area contributed by atoms with Crippen LogP contribution in [0, 0.1) is 0 Å². The number of nitrogens with one attached hydrogen (secondary N) is 1. The van der Waals surface area contributed by atoms with Crippen molar-refractivity contribution in [3.8, 4) is 0 Å². The van der Waals surface area contributed by atoms with Crippen LogP contribution in [-0.2, 0) is 0 Å². The maximum absolute atomic E-state index is 6.01. The van der Waals surface area contributed by atoms with Crippen molar-refractivity contribution in [2.45, 2.75) is 6.04 Å². The van der Waals surface area contributed by atoms with Crippen LogP contribution < -0.4 is 5.73 Å². The summed E-state index contributed by atoms with van der Waals surface area (Å²) < 4.78 is 0. The van der Waals surface area contributed by atoms with Crippen LogP contribution in [0.4, 0.5) is 0 Å². The fourth-order valence-corrected chi connectivity index (χ4v) is 1.29. The summed E-state index contributed by atoms with van der Waals surface area (Å²) in [5.74, 6) is 0. The Hall–Kier alpha value is -1.61. The summed E-state index contributed by atoms with van der Waals surface area (Å²) in [5.41, 5.74) is 8.18. The molecule has 1 unspecified atom stereocenters. The third kappa shape index (κ3) is 1.60. The highest BCUT2D eigenvalue weighted by atomic mass is 14.7. The predicted molar refractivity (Wildman–Crippen MR) is 51.1 cm³/mol. The Morgan fingerprint density at radius 2 is 1.92 bits per heavy atom. The van der Waals surface area contributed by atoms with E-state index in [1.807, 2.05) is 30.6 Å². The number of hydrogen-bond acceptors (Lipinski definition) is 2. The van der Waals surface area contributed by atoms with Crippen molar-refractivity contribution >= 4 is 0 Å². The average molecular weight is 173 g/mol. The van der Waals surface area contributed by atoms with Gasteiger partial charge in [0, 0.05) is 24.8 Å². The fraction of sp³-hybridized carbons (Fsp3) is 0.100. The second kappa shape index (κ2) is 3.41. The summed E-state index contributed by atoms with van der Waals surface area (Å²) in [5, 5.41) is 0. The molecule has 66 valence electrons. The minimum Gasteiger partial charge on any atom is -0.367 e. The lowest BCUT2D eigenvalue weighted by Crippen LogP contribution is -2.10. The molecule has 0 aliphatic carbocycles. The second-order valence-corrected chi connectivity index (χ2v) is 2.90. The van der Waals surface area contributed by atoms with E-state index >= 15 is 0 Å². The molecular formula is C10H11N3. The Kier molecular flexibility index (Phi) is 2.10. The SMILES string of the molecule is NC(c1ccncc1)c1cc[nH]c1. The largest absolute Gasteiger partial charge is 0.367 e. The monoisotopic (exact) mass is 173 g/mol. The molecule has 0 aliphatic heterocycles. The van der Waals surface area contributed by atoms with Gasteiger partial charge in [-0.3, -0.25) is 4.98 Å². The first-order valence-corrected chi connectivity index (χ1v) is 4.16. The van der Waals surface area contributed by atoms with Crippen molar-refractivity contribution in [2.24, 2.45) is 5.73 Å². The van der Waals surface area contributed by atoms with Gasteiger partial charge in [0.15, 0.2) is 0 Å². The van der Waals surface area contributed by atoms with Crippen LogP contribution in [0.1, 0.15) is 17.2 Å². The highest BCUT2D eigenvalue weighted by Gasteiger charge is 2.07. The number of pyridine rings is 1. The standard InChI is InChI=1S/C10H11N3/c11-10(9-3-6-13-7-9)8-1-4-12-5-2-8/h1-7,10,13H,11H2. The van der Waals surface area contributed by atoms with E-state index in [9.17, 15) is 0 Å². The molecule has 0 saturated heterocycles. The van der Waals surface area contributed by atoms with Gasteiger partial charge in [-0.25, -0.2) is 0 Å². The molecule has 1 atom stereocenters. The molecular weight excluding hydrogens is 162 g/mol. The number of nitrogens with zero attached hydrogens (tertiary/aromatic N) is 1. The topological polar surface area (TPSA) is 54.7 Å². The molecule has 0 spiro atoms. The van der Waals surface area contributed by atoms with E-state index in [4.69, 9.17) is 5.73 Å². The predicted octanol–water partition coefficient (Wildman–Crippen LogP) is 1.46. The van der Waals surface area contributed by atoms with Gasteiger partial charge in [-0.2, -0.15) is 0 Å². The van der Waals surface area contributed by atoms with E-state index in [1.165, 1.54) is 0 Å². The van der Waals surface area contributed by atoms with Gasteiger partial charge in [-0.05, 0) is 29.3 Å². The minimum absolute atomic E-state index is 0.0609. The summed E-state index contributed by atoms with van der Waals surface area (Å²) in [6, 6.07) is 5.77. The number of hydrogen-bond donors (Lipinski definition) is 2. The summed E-state index contributed by atoms with van der Waals surface area (Å²) in [7, 11) is 0.